The summed E-state index contributed by atoms with van der Waals surface area (Å²) in [5, 5.41) is 10.5. The van der Waals surface area contributed by atoms with Crippen LogP contribution in [0.3, 0.4) is 0 Å². The molecule has 2 heterocycles. The fourth-order valence-electron chi connectivity index (χ4n) is 1.24. The van der Waals surface area contributed by atoms with Crippen LogP contribution in [0.1, 0.15) is 10.7 Å². The third-order valence-electron chi connectivity index (χ3n) is 1.85. The zero-order chi connectivity index (χ0) is 10.7. The Morgan fingerprint density at radius 1 is 1.60 bits per heavy atom. The maximum absolute atomic E-state index is 4.50. The number of thiazole rings is 1. The second kappa shape index (κ2) is 5.04. The number of nitrogens with zero attached hydrogens (tertiary/aromatic N) is 3. The summed E-state index contributed by atoms with van der Waals surface area (Å²) < 4.78 is 3.05. The van der Waals surface area contributed by atoms with Gasteiger partial charge in [0.25, 0.3) is 0 Å². The molecule has 0 aliphatic rings. The van der Waals surface area contributed by atoms with Gasteiger partial charge in [0.2, 0.25) is 0 Å². The Morgan fingerprint density at radius 2 is 2.47 bits per heavy atom. The Kier molecular flexibility index (Phi) is 3.71. The van der Waals surface area contributed by atoms with Crippen LogP contribution in [0.2, 0.25) is 0 Å². The van der Waals surface area contributed by atoms with E-state index in [4.69, 9.17) is 0 Å². The predicted octanol–water partition coefficient (Wildman–Crippen LogP) is 1.71. The van der Waals surface area contributed by atoms with Gasteiger partial charge < -0.3 is 5.32 Å². The summed E-state index contributed by atoms with van der Waals surface area (Å²) in [6.45, 7) is 1.59. The van der Waals surface area contributed by atoms with Gasteiger partial charge in [-0.15, -0.1) is 11.3 Å². The third-order valence-corrected chi connectivity index (χ3v) is 3.31. The zero-order valence-electron chi connectivity index (χ0n) is 8.27. The van der Waals surface area contributed by atoms with Crippen LogP contribution in [0.15, 0.2) is 17.8 Å². The van der Waals surface area contributed by atoms with Crippen LogP contribution < -0.4 is 5.32 Å². The van der Waals surface area contributed by atoms with Gasteiger partial charge in [-0.25, -0.2) is 4.98 Å². The van der Waals surface area contributed by atoms with Crippen LogP contribution in [-0.2, 0) is 13.1 Å². The van der Waals surface area contributed by atoms with Crippen LogP contribution in [-0.4, -0.2) is 21.8 Å². The van der Waals surface area contributed by atoms with E-state index in [1.807, 2.05) is 24.1 Å². The first-order valence-electron chi connectivity index (χ1n) is 4.54. The molecule has 0 bridgehead atoms. The number of rotatable bonds is 4. The fourth-order valence-corrected chi connectivity index (χ4v) is 2.49. The van der Waals surface area contributed by atoms with E-state index >= 15 is 0 Å². The van der Waals surface area contributed by atoms with Crippen molar-refractivity contribution in [2.75, 3.05) is 7.05 Å². The van der Waals surface area contributed by atoms with Gasteiger partial charge in [0.15, 0.2) is 0 Å². The Balaban J connectivity index is 2.04. The van der Waals surface area contributed by atoms with Crippen molar-refractivity contribution < 1.29 is 0 Å². The van der Waals surface area contributed by atoms with Gasteiger partial charge in [0, 0.05) is 18.1 Å². The second-order valence-electron chi connectivity index (χ2n) is 3.12. The number of halogens is 1. The molecule has 0 saturated carbocycles. The van der Waals surface area contributed by atoms with E-state index in [-0.39, 0.29) is 0 Å². The zero-order valence-corrected chi connectivity index (χ0v) is 11.2. The topological polar surface area (TPSA) is 42.7 Å². The largest absolute Gasteiger partial charge is 0.314 e. The SMILES string of the molecule is CNCc1nc(Cn2cc(I)cn2)cs1. The molecule has 1 N–H and O–H groups in total. The summed E-state index contributed by atoms with van der Waals surface area (Å²) in [5.41, 5.74) is 1.07. The maximum atomic E-state index is 4.50. The molecule has 0 spiro atoms. The third kappa shape index (κ3) is 2.99. The molecule has 0 radical (unpaired) electrons. The first-order valence-corrected chi connectivity index (χ1v) is 6.49. The standard InChI is InChI=1S/C9H11IN4S/c1-11-3-9-13-8(6-15-9)5-14-4-7(10)2-12-14/h2,4,6,11H,3,5H2,1H3. The van der Waals surface area contributed by atoms with E-state index in [0.29, 0.717) is 0 Å². The minimum absolute atomic E-state index is 0.753. The van der Waals surface area contributed by atoms with Crippen molar-refractivity contribution in [3.05, 3.63) is 32.0 Å². The Morgan fingerprint density at radius 3 is 3.13 bits per heavy atom. The molecule has 0 aliphatic carbocycles. The highest BCUT2D eigenvalue weighted by atomic mass is 127. The van der Waals surface area contributed by atoms with Crippen molar-refractivity contribution >= 4 is 33.9 Å². The predicted molar refractivity (Wildman–Crippen MR) is 68.9 cm³/mol. The van der Waals surface area contributed by atoms with Crippen molar-refractivity contribution in [3.8, 4) is 0 Å². The summed E-state index contributed by atoms with van der Waals surface area (Å²) >= 11 is 3.93. The number of nitrogens with one attached hydrogen (secondary N) is 1. The van der Waals surface area contributed by atoms with Gasteiger partial charge in [0.1, 0.15) is 5.01 Å². The van der Waals surface area contributed by atoms with Crippen LogP contribution in [0, 0.1) is 3.57 Å². The van der Waals surface area contributed by atoms with E-state index in [2.05, 4.69) is 43.4 Å². The molecule has 80 valence electrons. The maximum Gasteiger partial charge on any atom is 0.107 e. The van der Waals surface area contributed by atoms with Gasteiger partial charge in [-0.3, -0.25) is 4.68 Å². The molecule has 0 fully saturated rings. The normalized spacial score (nSPS) is 10.8. The number of hydrogen-bond donors (Lipinski definition) is 1. The molecule has 4 nitrogen and oxygen atoms in total. The van der Waals surface area contributed by atoms with Crippen molar-refractivity contribution in [3.63, 3.8) is 0 Å². The lowest BCUT2D eigenvalue weighted by Gasteiger charge is -1.96. The highest BCUT2D eigenvalue weighted by Crippen LogP contribution is 2.11. The monoisotopic (exact) mass is 334 g/mol. The van der Waals surface area contributed by atoms with Crippen LogP contribution >= 0.6 is 33.9 Å². The molecule has 0 saturated heterocycles. The minimum atomic E-state index is 0.753. The molecule has 0 aliphatic heterocycles. The highest BCUT2D eigenvalue weighted by molar-refractivity contribution is 14.1. The van der Waals surface area contributed by atoms with Crippen LogP contribution in [0.5, 0.6) is 0 Å². The fraction of sp³-hybridized carbons (Fsp3) is 0.333. The summed E-state index contributed by atoms with van der Waals surface area (Å²) in [6, 6.07) is 0. The molecule has 2 rings (SSSR count). The average molecular weight is 334 g/mol. The summed E-state index contributed by atoms with van der Waals surface area (Å²) in [5.74, 6) is 0. The van der Waals surface area contributed by atoms with Gasteiger partial charge in [-0.1, -0.05) is 0 Å². The van der Waals surface area contributed by atoms with Gasteiger partial charge >= 0.3 is 0 Å². The molecular formula is C9H11IN4S. The molecule has 0 unspecified atom stereocenters. The number of hydrogen-bond acceptors (Lipinski definition) is 4. The van der Waals surface area contributed by atoms with Crippen molar-refractivity contribution in [2.24, 2.45) is 0 Å². The van der Waals surface area contributed by atoms with E-state index in [0.717, 1.165) is 27.4 Å². The van der Waals surface area contributed by atoms with E-state index in [1.54, 1.807) is 11.3 Å². The van der Waals surface area contributed by atoms with E-state index in [9.17, 15) is 0 Å². The molecule has 15 heavy (non-hydrogen) atoms. The summed E-state index contributed by atoms with van der Waals surface area (Å²) in [4.78, 5) is 4.50. The minimum Gasteiger partial charge on any atom is -0.314 e. The molecule has 0 aromatic carbocycles. The van der Waals surface area contributed by atoms with Gasteiger partial charge in [-0.2, -0.15) is 5.10 Å². The van der Waals surface area contributed by atoms with Crippen molar-refractivity contribution in [2.45, 2.75) is 13.1 Å². The van der Waals surface area contributed by atoms with Crippen molar-refractivity contribution in [1.29, 1.82) is 0 Å². The second-order valence-corrected chi connectivity index (χ2v) is 5.31. The molecule has 6 heteroatoms. The molecular weight excluding hydrogens is 323 g/mol. The van der Waals surface area contributed by atoms with Crippen molar-refractivity contribution in [1.82, 2.24) is 20.1 Å². The molecule has 2 aromatic rings. The Bertz CT molecular complexity index is 437. The quantitative estimate of drug-likeness (QED) is 0.866. The van der Waals surface area contributed by atoms with Crippen LogP contribution in [0.4, 0.5) is 0 Å². The lowest BCUT2D eigenvalue weighted by atomic mass is 10.5. The Hall–Kier alpha value is -0.470. The molecule has 2 aromatic heterocycles. The molecule has 0 atom stereocenters. The first kappa shape index (κ1) is 11.0. The lowest BCUT2D eigenvalue weighted by Crippen LogP contribution is -2.05. The smallest absolute Gasteiger partial charge is 0.107 e. The van der Waals surface area contributed by atoms with E-state index < -0.39 is 0 Å². The van der Waals surface area contributed by atoms with E-state index in [1.165, 1.54) is 0 Å². The average Bonchev–Trinajstić information content (AvgIpc) is 2.78. The number of aromatic nitrogens is 3. The van der Waals surface area contributed by atoms with Crippen LogP contribution in [0.25, 0.3) is 0 Å². The summed E-state index contributed by atoms with van der Waals surface area (Å²) in [7, 11) is 1.93. The summed E-state index contributed by atoms with van der Waals surface area (Å²) in [6.07, 6.45) is 3.86. The Labute approximate surface area is 106 Å². The van der Waals surface area contributed by atoms with Gasteiger partial charge in [-0.05, 0) is 29.6 Å². The lowest BCUT2D eigenvalue weighted by molar-refractivity contribution is 0.671. The first-order chi connectivity index (χ1) is 7.28. The highest BCUT2D eigenvalue weighted by Gasteiger charge is 2.02. The van der Waals surface area contributed by atoms with Gasteiger partial charge in [0.05, 0.1) is 22.0 Å². The molecule has 0 amide bonds.